The molecular weight excluding hydrogens is 265 g/mol. The SMILES string of the molecule is Cc1c(C(C)NC2CC(c3ccccc3F)C2)cnn1C. The van der Waals surface area contributed by atoms with Crippen LogP contribution in [0.1, 0.15) is 48.5 Å². The topological polar surface area (TPSA) is 29.9 Å². The van der Waals surface area contributed by atoms with Crippen molar-refractivity contribution in [2.24, 2.45) is 7.05 Å². The number of nitrogens with one attached hydrogen (secondary N) is 1. The fourth-order valence-corrected chi connectivity index (χ4v) is 3.20. The Hall–Kier alpha value is -1.68. The normalized spacial score (nSPS) is 22.9. The van der Waals surface area contributed by atoms with E-state index in [9.17, 15) is 4.39 Å². The number of nitrogens with zero attached hydrogens (tertiary/aromatic N) is 2. The van der Waals surface area contributed by atoms with Gasteiger partial charge in [0.1, 0.15) is 5.82 Å². The molecule has 1 aromatic carbocycles. The third-order valence-electron chi connectivity index (χ3n) is 4.71. The molecule has 112 valence electrons. The molecule has 2 aromatic rings. The van der Waals surface area contributed by atoms with Crippen molar-refractivity contribution in [3.8, 4) is 0 Å². The number of hydrogen-bond acceptors (Lipinski definition) is 2. The minimum atomic E-state index is -0.0721. The van der Waals surface area contributed by atoms with E-state index in [1.807, 2.05) is 30.1 Å². The lowest BCUT2D eigenvalue weighted by Crippen LogP contribution is -2.41. The van der Waals surface area contributed by atoms with Crippen LogP contribution in [0.2, 0.25) is 0 Å². The largest absolute Gasteiger partial charge is 0.307 e. The van der Waals surface area contributed by atoms with Crippen LogP contribution in [0, 0.1) is 12.7 Å². The molecule has 1 unspecified atom stereocenters. The van der Waals surface area contributed by atoms with Crippen molar-refractivity contribution in [2.45, 2.75) is 44.7 Å². The first-order valence-corrected chi connectivity index (χ1v) is 7.55. The summed E-state index contributed by atoms with van der Waals surface area (Å²) in [5, 5.41) is 7.92. The summed E-state index contributed by atoms with van der Waals surface area (Å²) in [5.74, 6) is 0.281. The van der Waals surface area contributed by atoms with Crippen LogP contribution in [0.3, 0.4) is 0 Å². The van der Waals surface area contributed by atoms with E-state index >= 15 is 0 Å². The minimum Gasteiger partial charge on any atom is -0.307 e. The third-order valence-corrected chi connectivity index (χ3v) is 4.71. The molecule has 0 spiro atoms. The highest BCUT2D eigenvalue weighted by Crippen LogP contribution is 2.39. The van der Waals surface area contributed by atoms with Crippen molar-refractivity contribution >= 4 is 0 Å². The van der Waals surface area contributed by atoms with Gasteiger partial charge in [0.15, 0.2) is 0 Å². The van der Waals surface area contributed by atoms with E-state index in [0.29, 0.717) is 12.0 Å². The van der Waals surface area contributed by atoms with E-state index in [0.717, 1.165) is 18.4 Å². The van der Waals surface area contributed by atoms with Gasteiger partial charge < -0.3 is 5.32 Å². The van der Waals surface area contributed by atoms with Crippen molar-refractivity contribution in [2.75, 3.05) is 0 Å². The Kier molecular flexibility index (Phi) is 3.81. The Bertz CT molecular complexity index is 629. The molecule has 3 rings (SSSR count). The molecule has 0 aliphatic heterocycles. The second kappa shape index (κ2) is 5.60. The van der Waals surface area contributed by atoms with Gasteiger partial charge in [-0.2, -0.15) is 5.10 Å². The van der Waals surface area contributed by atoms with E-state index < -0.39 is 0 Å². The molecule has 0 saturated heterocycles. The molecule has 1 aromatic heterocycles. The Morgan fingerprint density at radius 2 is 2.05 bits per heavy atom. The van der Waals surface area contributed by atoms with E-state index in [2.05, 4.69) is 24.3 Å². The first-order valence-electron chi connectivity index (χ1n) is 7.55. The highest BCUT2D eigenvalue weighted by molar-refractivity contribution is 5.25. The van der Waals surface area contributed by atoms with Gasteiger partial charge in [0.05, 0.1) is 6.20 Å². The summed E-state index contributed by atoms with van der Waals surface area (Å²) in [6.45, 7) is 4.25. The van der Waals surface area contributed by atoms with Gasteiger partial charge in [-0.3, -0.25) is 4.68 Å². The minimum absolute atomic E-state index is 0.0721. The predicted molar refractivity (Wildman–Crippen MR) is 81.7 cm³/mol. The van der Waals surface area contributed by atoms with Crippen LogP contribution in [-0.2, 0) is 7.05 Å². The van der Waals surface area contributed by atoms with Crippen molar-refractivity contribution in [3.63, 3.8) is 0 Å². The molecule has 3 nitrogen and oxygen atoms in total. The fourth-order valence-electron chi connectivity index (χ4n) is 3.20. The van der Waals surface area contributed by atoms with E-state index in [4.69, 9.17) is 0 Å². The van der Waals surface area contributed by atoms with Gasteiger partial charge in [-0.15, -0.1) is 0 Å². The summed E-state index contributed by atoms with van der Waals surface area (Å²) in [4.78, 5) is 0. The molecule has 4 heteroatoms. The zero-order valence-corrected chi connectivity index (χ0v) is 12.8. The number of aromatic nitrogens is 2. The van der Waals surface area contributed by atoms with Crippen LogP contribution in [0.5, 0.6) is 0 Å². The molecule has 1 aliphatic rings. The van der Waals surface area contributed by atoms with E-state index in [1.54, 1.807) is 12.1 Å². The number of halogens is 1. The Morgan fingerprint density at radius 3 is 2.67 bits per heavy atom. The standard InChI is InChI=1S/C17H22FN3/c1-11(16-10-19-21(3)12(16)2)20-14-8-13(9-14)15-6-4-5-7-17(15)18/h4-7,10-11,13-14,20H,8-9H2,1-3H3. The maximum Gasteiger partial charge on any atom is 0.126 e. The van der Waals surface area contributed by atoms with E-state index in [1.165, 1.54) is 11.3 Å². The molecular formula is C17H22FN3. The molecule has 1 heterocycles. The summed E-state index contributed by atoms with van der Waals surface area (Å²) in [6.07, 6.45) is 3.94. The summed E-state index contributed by atoms with van der Waals surface area (Å²) in [6, 6.07) is 7.87. The van der Waals surface area contributed by atoms with Crippen LogP contribution in [0.15, 0.2) is 30.5 Å². The van der Waals surface area contributed by atoms with Crippen LogP contribution < -0.4 is 5.32 Å². The monoisotopic (exact) mass is 287 g/mol. The van der Waals surface area contributed by atoms with Crippen molar-refractivity contribution in [3.05, 3.63) is 53.1 Å². The van der Waals surface area contributed by atoms with Crippen molar-refractivity contribution in [1.29, 1.82) is 0 Å². The maximum absolute atomic E-state index is 13.7. The van der Waals surface area contributed by atoms with Gasteiger partial charge in [0, 0.05) is 30.4 Å². The van der Waals surface area contributed by atoms with Crippen LogP contribution in [0.4, 0.5) is 4.39 Å². The Labute approximate surface area is 125 Å². The lowest BCUT2D eigenvalue weighted by atomic mass is 9.75. The van der Waals surface area contributed by atoms with Gasteiger partial charge in [0.2, 0.25) is 0 Å². The average molecular weight is 287 g/mol. The Morgan fingerprint density at radius 1 is 1.33 bits per heavy atom. The van der Waals surface area contributed by atoms with Gasteiger partial charge in [-0.05, 0) is 44.2 Å². The van der Waals surface area contributed by atoms with Crippen molar-refractivity contribution in [1.82, 2.24) is 15.1 Å². The molecule has 0 amide bonds. The van der Waals surface area contributed by atoms with Crippen molar-refractivity contribution < 1.29 is 4.39 Å². The molecule has 1 fully saturated rings. The third kappa shape index (κ3) is 2.72. The lowest BCUT2D eigenvalue weighted by molar-refractivity contribution is 0.266. The first kappa shape index (κ1) is 14.3. The van der Waals surface area contributed by atoms with Crippen LogP contribution in [0.25, 0.3) is 0 Å². The summed E-state index contributed by atoms with van der Waals surface area (Å²) < 4.78 is 15.6. The maximum atomic E-state index is 13.7. The number of rotatable bonds is 4. The molecule has 1 N–H and O–H groups in total. The summed E-state index contributed by atoms with van der Waals surface area (Å²) >= 11 is 0. The highest BCUT2D eigenvalue weighted by atomic mass is 19.1. The predicted octanol–water partition coefficient (Wildman–Crippen LogP) is 3.46. The van der Waals surface area contributed by atoms with Gasteiger partial charge >= 0.3 is 0 Å². The quantitative estimate of drug-likeness (QED) is 0.933. The van der Waals surface area contributed by atoms with E-state index in [-0.39, 0.29) is 11.9 Å². The number of hydrogen-bond donors (Lipinski definition) is 1. The highest BCUT2D eigenvalue weighted by Gasteiger charge is 2.32. The summed E-state index contributed by atoms with van der Waals surface area (Å²) in [7, 11) is 1.96. The number of benzene rings is 1. The molecule has 1 aliphatic carbocycles. The first-order chi connectivity index (χ1) is 10.1. The second-order valence-electron chi connectivity index (χ2n) is 6.08. The molecule has 1 atom stereocenters. The van der Waals surface area contributed by atoms with Gasteiger partial charge in [-0.1, -0.05) is 18.2 Å². The molecule has 21 heavy (non-hydrogen) atoms. The van der Waals surface area contributed by atoms with Crippen LogP contribution in [-0.4, -0.2) is 15.8 Å². The average Bonchev–Trinajstić information content (AvgIpc) is 2.75. The molecule has 0 bridgehead atoms. The zero-order valence-electron chi connectivity index (χ0n) is 12.8. The molecule has 1 saturated carbocycles. The Balaban J connectivity index is 1.58. The molecule has 0 radical (unpaired) electrons. The van der Waals surface area contributed by atoms with Crippen LogP contribution >= 0.6 is 0 Å². The van der Waals surface area contributed by atoms with Gasteiger partial charge in [0.25, 0.3) is 0 Å². The smallest absolute Gasteiger partial charge is 0.126 e. The number of aryl methyl sites for hydroxylation is 1. The second-order valence-corrected chi connectivity index (χ2v) is 6.08. The van der Waals surface area contributed by atoms with Gasteiger partial charge in [-0.25, -0.2) is 4.39 Å². The fraction of sp³-hybridized carbons (Fsp3) is 0.471. The zero-order chi connectivity index (χ0) is 15.0. The summed E-state index contributed by atoms with van der Waals surface area (Å²) in [5.41, 5.74) is 3.30. The lowest BCUT2D eigenvalue weighted by Gasteiger charge is -2.38.